The lowest BCUT2D eigenvalue weighted by Crippen LogP contribution is -2.33. The summed E-state index contributed by atoms with van der Waals surface area (Å²) in [7, 11) is 3.61. The molecule has 2 aromatic carbocycles. The van der Waals surface area contributed by atoms with Crippen LogP contribution in [0.4, 0.5) is 5.69 Å². The molecule has 0 fully saturated rings. The van der Waals surface area contributed by atoms with Crippen molar-refractivity contribution < 1.29 is 9.53 Å². The van der Waals surface area contributed by atoms with Gasteiger partial charge in [0.2, 0.25) is 5.91 Å². The molecule has 0 bridgehead atoms. The van der Waals surface area contributed by atoms with Crippen LogP contribution in [-0.2, 0) is 9.53 Å². The molecule has 1 unspecified atom stereocenters. The van der Waals surface area contributed by atoms with Gasteiger partial charge in [-0.1, -0.05) is 48.0 Å². The number of ether oxygens (including phenoxy) is 1. The number of carbonyl (C=O) groups is 1. The number of hydrogen-bond acceptors (Lipinski definition) is 3. The lowest BCUT2D eigenvalue weighted by molar-refractivity contribution is -0.117. The minimum absolute atomic E-state index is 0.0285. The summed E-state index contributed by atoms with van der Waals surface area (Å²) in [6.45, 7) is 3.00. The Hall–Kier alpha value is -2.17. The van der Waals surface area contributed by atoms with E-state index < -0.39 is 0 Å². The van der Waals surface area contributed by atoms with Crippen molar-refractivity contribution in [1.82, 2.24) is 4.90 Å². The minimum atomic E-state index is -0.0478. The van der Waals surface area contributed by atoms with Gasteiger partial charge in [-0.2, -0.15) is 0 Å². The average Bonchev–Trinajstić information content (AvgIpc) is 2.55. The first-order valence-electron chi connectivity index (χ1n) is 7.71. The van der Waals surface area contributed by atoms with E-state index in [0.29, 0.717) is 13.1 Å². The van der Waals surface area contributed by atoms with E-state index in [-0.39, 0.29) is 12.0 Å². The zero-order valence-electron chi connectivity index (χ0n) is 14.0. The number of aryl methyl sites for hydroxylation is 1. The van der Waals surface area contributed by atoms with Gasteiger partial charge in [0.05, 0.1) is 12.6 Å². The molecule has 0 aliphatic heterocycles. The molecule has 0 aromatic heterocycles. The number of likely N-dealkylation sites (N-methyl/N-ethyl adjacent to an activating group) is 1. The predicted octanol–water partition coefficient (Wildman–Crippen LogP) is 3.25. The second kappa shape index (κ2) is 8.46. The summed E-state index contributed by atoms with van der Waals surface area (Å²) in [6.07, 6.45) is -0.0478. The maximum atomic E-state index is 12.1. The molecule has 4 nitrogen and oxygen atoms in total. The fourth-order valence-corrected chi connectivity index (χ4v) is 2.41. The maximum absolute atomic E-state index is 12.1. The first kappa shape index (κ1) is 17.2. The normalized spacial score (nSPS) is 12.2. The van der Waals surface area contributed by atoms with Crippen LogP contribution in [0.2, 0.25) is 0 Å². The molecule has 2 aromatic rings. The van der Waals surface area contributed by atoms with Gasteiger partial charge >= 0.3 is 0 Å². The van der Waals surface area contributed by atoms with Crippen LogP contribution in [0, 0.1) is 6.92 Å². The third-order valence-electron chi connectivity index (χ3n) is 3.68. The highest BCUT2D eigenvalue weighted by molar-refractivity contribution is 5.92. The van der Waals surface area contributed by atoms with E-state index in [1.165, 1.54) is 5.56 Å². The van der Waals surface area contributed by atoms with Gasteiger partial charge in [0, 0.05) is 19.3 Å². The number of rotatable bonds is 7. The lowest BCUT2D eigenvalue weighted by atomic mass is 10.1. The molecule has 2 rings (SSSR count). The van der Waals surface area contributed by atoms with Gasteiger partial charge in [0.25, 0.3) is 0 Å². The Balaban J connectivity index is 1.86. The molecule has 4 heteroatoms. The van der Waals surface area contributed by atoms with Crippen LogP contribution in [-0.4, -0.2) is 38.1 Å². The number of carbonyl (C=O) groups excluding carboxylic acids is 1. The molecule has 0 aliphatic carbocycles. The second-order valence-electron chi connectivity index (χ2n) is 5.75. The van der Waals surface area contributed by atoms with Crippen LogP contribution in [0.25, 0.3) is 0 Å². The molecule has 23 heavy (non-hydrogen) atoms. The molecule has 1 N–H and O–H groups in total. The van der Waals surface area contributed by atoms with Crippen molar-refractivity contribution in [2.45, 2.75) is 13.0 Å². The molecule has 122 valence electrons. The summed E-state index contributed by atoms with van der Waals surface area (Å²) in [5.74, 6) is -0.0285. The van der Waals surface area contributed by atoms with Gasteiger partial charge in [-0.25, -0.2) is 0 Å². The molecule has 0 saturated carbocycles. The van der Waals surface area contributed by atoms with Crippen molar-refractivity contribution >= 4 is 11.6 Å². The summed E-state index contributed by atoms with van der Waals surface area (Å²) in [4.78, 5) is 14.1. The number of nitrogens with one attached hydrogen (secondary N) is 1. The van der Waals surface area contributed by atoms with E-state index in [1.807, 2.05) is 73.5 Å². The Kier molecular flexibility index (Phi) is 6.32. The van der Waals surface area contributed by atoms with Crippen molar-refractivity contribution in [2.75, 3.05) is 32.6 Å². The third kappa shape index (κ3) is 5.51. The lowest BCUT2D eigenvalue weighted by Gasteiger charge is -2.23. The second-order valence-corrected chi connectivity index (χ2v) is 5.75. The first-order valence-corrected chi connectivity index (χ1v) is 7.71. The summed E-state index contributed by atoms with van der Waals surface area (Å²) >= 11 is 0. The SMILES string of the molecule is COC(CN(C)CC(=O)Nc1ccc(C)cc1)c1ccccc1. The van der Waals surface area contributed by atoms with E-state index >= 15 is 0 Å². The predicted molar refractivity (Wildman–Crippen MR) is 93.5 cm³/mol. The van der Waals surface area contributed by atoms with Gasteiger partial charge in [-0.3, -0.25) is 9.69 Å². The van der Waals surface area contributed by atoms with Crippen molar-refractivity contribution in [3.8, 4) is 0 Å². The summed E-state index contributed by atoms with van der Waals surface area (Å²) in [5.41, 5.74) is 3.10. The topological polar surface area (TPSA) is 41.6 Å². The molecule has 0 heterocycles. The van der Waals surface area contributed by atoms with Gasteiger partial charge < -0.3 is 10.1 Å². The monoisotopic (exact) mass is 312 g/mol. The molecule has 0 spiro atoms. The van der Waals surface area contributed by atoms with Crippen LogP contribution in [0.5, 0.6) is 0 Å². The molecule has 1 amide bonds. The van der Waals surface area contributed by atoms with E-state index in [1.54, 1.807) is 7.11 Å². The molecule has 0 aliphatic rings. The smallest absolute Gasteiger partial charge is 0.238 e. The van der Waals surface area contributed by atoms with Crippen LogP contribution in [0.1, 0.15) is 17.2 Å². The van der Waals surface area contributed by atoms with Gasteiger partial charge in [0.1, 0.15) is 0 Å². The Morgan fingerprint density at radius 1 is 1.13 bits per heavy atom. The van der Waals surface area contributed by atoms with Gasteiger partial charge in [-0.05, 0) is 31.7 Å². The van der Waals surface area contributed by atoms with E-state index in [0.717, 1.165) is 11.3 Å². The summed E-state index contributed by atoms with van der Waals surface area (Å²) in [6, 6.07) is 17.8. The van der Waals surface area contributed by atoms with Crippen molar-refractivity contribution in [3.05, 3.63) is 65.7 Å². The number of benzene rings is 2. The number of methoxy groups -OCH3 is 1. The molecular formula is C19H24N2O2. The van der Waals surface area contributed by atoms with Crippen LogP contribution in [0.3, 0.4) is 0 Å². The van der Waals surface area contributed by atoms with Crippen LogP contribution >= 0.6 is 0 Å². The Labute approximate surface area is 138 Å². The van der Waals surface area contributed by atoms with E-state index in [4.69, 9.17) is 4.74 Å². The number of nitrogens with zero attached hydrogens (tertiary/aromatic N) is 1. The van der Waals surface area contributed by atoms with Gasteiger partial charge in [0.15, 0.2) is 0 Å². The zero-order valence-corrected chi connectivity index (χ0v) is 14.0. The Morgan fingerprint density at radius 2 is 1.78 bits per heavy atom. The van der Waals surface area contributed by atoms with Gasteiger partial charge in [-0.15, -0.1) is 0 Å². The summed E-state index contributed by atoms with van der Waals surface area (Å²) in [5, 5.41) is 2.91. The van der Waals surface area contributed by atoms with E-state index in [9.17, 15) is 4.79 Å². The first-order chi connectivity index (χ1) is 11.1. The fourth-order valence-electron chi connectivity index (χ4n) is 2.41. The highest BCUT2D eigenvalue weighted by Crippen LogP contribution is 2.17. The minimum Gasteiger partial charge on any atom is -0.375 e. The maximum Gasteiger partial charge on any atom is 0.238 e. The van der Waals surface area contributed by atoms with Crippen molar-refractivity contribution in [3.63, 3.8) is 0 Å². The van der Waals surface area contributed by atoms with Crippen LogP contribution < -0.4 is 5.32 Å². The van der Waals surface area contributed by atoms with Crippen molar-refractivity contribution in [2.24, 2.45) is 0 Å². The van der Waals surface area contributed by atoms with E-state index in [2.05, 4.69) is 5.32 Å². The van der Waals surface area contributed by atoms with Crippen molar-refractivity contribution in [1.29, 1.82) is 0 Å². The molecule has 0 saturated heterocycles. The highest BCUT2D eigenvalue weighted by Gasteiger charge is 2.15. The largest absolute Gasteiger partial charge is 0.375 e. The number of anilines is 1. The molecular weight excluding hydrogens is 288 g/mol. The quantitative estimate of drug-likeness (QED) is 0.853. The zero-order chi connectivity index (χ0) is 16.7. The molecule has 0 radical (unpaired) electrons. The Bertz CT molecular complexity index is 611. The average molecular weight is 312 g/mol. The third-order valence-corrected chi connectivity index (χ3v) is 3.68. The summed E-state index contributed by atoms with van der Waals surface area (Å²) < 4.78 is 5.55. The number of hydrogen-bond donors (Lipinski definition) is 1. The fraction of sp³-hybridized carbons (Fsp3) is 0.316. The Morgan fingerprint density at radius 3 is 2.39 bits per heavy atom. The standard InChI is InChI=1S/C19H24N2O2/c1-15-9-11-17(12-10-15)20-19(22)14-21(2)13-18(23-3)16-7-5-4-6-8-16/h4-12,18H,13-14H2,1-3H3,(H,20,22). The molecule has 1 atom stereocenters. The number of amides is 1. The highest BCUT2D eigenvalue weighted by atomic mass is 16.5. The van der Waals surface area contributed by atoms with Crippen LogP contribution in [0.15, 0.2) is 54.6 Å².